The summed E-state index contributed by atoms with van der Waals surface area (Å²) in [6.45, 7) is 3.71. The van der Waals surface area contributed by atoms with Gasteiger partial charge in [0.05, 0.1) is 16.6 Å². The first-order valence-corrected chi connectivity index (χ1v) is 7.54. The van der Waals surface area contributed by atoms with E-state index in [4.69, 9.17) is 5.11 Å². The van der Waals surface area contributed by atoms with Gasteiger partial charge in [0.15, 0.2) is 9.84 Å². The van der Waals surface area contributed by atoms with Crippen molar-refractivity contribution in [2.75, 3.05) is 5.75 Å². The molecule has 0 amide bonds. The van der Waals surface area contributed by atoms with Crippen molar-refractivity contribution >= 4 is 15.8 Å². The van der Waals surface area contributed by atoms with Gasteiger partial charge in [-0.3, -0.25) is 4.79 Å². The Morgan fingerprint density at radius 1 is 1.28 bits per heavy atom. The molecule has 0 radical (unpaired) electrons. The fraction of sp³-hybridized carbons (Fsp3) is 0.462. The van der Waals surface area contributed by atoms with Crippen molar-refractivity contribution in [3.8, 4) is 0 Å². The van der Waals surface area contributed by atoms with Gasteiger partial charge in [-0.15, -0.1) is 0 Å². The third kappa shape index (κ3) is 3.84. The molecule has 0 spiro atoms. The number of hydrogen-bond donors (Lipinski definition) is 1. The Kier molecular flexibility index (Phi) is 4.90. The van der Waals surface area contributed by atoms with E-state index in [2.05, 4.69) is 0 Å². The van der Waals surface area contributed by atoms with Gasteiger partial charge in [0, 0.05) is 0 Å². The summed E-state index contributed by atoms with van der Waals surface area (Å²) in [6, 6.07) is 6.47. The Morgan fingerprint density at radius 3 is 2.28 bits per heavy atom. The highest BCUT2D eigenvalue weighted by molar-refractivity contribution is 7.91. The van der Waals surface area contributed by atoms with Crippen LogP contribution in [0.4, 0.5) is 0 Å². The molecule has 0 saturated heterocycles. The average molecular weight is 270 g/mol. The number of benzene rings is 1. The molecule has 4 nitrogen and oxygen atoms in total. The Morgan fingerprint density at radius 2 is 1.83 bits per heavy atom. The van der Waals surface area contributed by atoms with E-state index >= 15 is 0 Å². The first kappa shape index (κ1) is 14.7. The lowest BCUT2D eigenvalue weighted by Crippen LogP contribution is -2.23. The topological polar surface area (TPSA) is 71.4 Å². The normalized spacial score (nSPS) is 13.2. The van der Waals surface area contributed by atoms with Crippen LogP contribution in [0.3, 0.4) is 0 Å². The van der Waals surface area contributed by atoms with Gasteiger partial charge in [0.2, 0.25) is 0 Å². The molecule has 5 heteroatoms. The number of hydrogen-bond acceptors (Lipinski definition) is 3. The maximum atomic E-state index is 12.1. The second-order valence-corrected chi connectivity index (χ2v) is 6.45. The molecule has 0 bridgehead atoms. The molecule has 1 atom stereocenters. The summed E-state index contributed by atoms with van der Waals surface area (Å²) in [7, 11) is -3.52. The number of carbonyl (C=O) groups is 1. The zero-order valence-corrected chi connectivity index (χ0v) is 11.4. The molecule has 1 unspecified atom stereocenters. The summed E-state index contributed by atoms with van der Waals surface area (Å²) in [4.78, 5) is 11.2. The second kappa shape index (κ2) is 6.00. The zero-order valence-electron chi connectivity index (χ0n) is 10.6. The summed E-state index contributed by atoms with van der Waals surface area (Å²) >= 11 is 0. The second-order valence-electron chi connectivity index (χ2n) is 4.42. The molecule has 1 aromatic rings. The fourth-order valence-corrected chi connectivity index (χ4v) is 3.32. The lowest BCUT2D eigenvalue weighted by molar-refractivity contribution is -0.141. The summed E-state index contributed by atoms with van der Waals surface area (Å²) < 4.78 is 24.1. The van der Waals surface area contributed by atoms with Gasteiger partial charge in [-0.2, -0.15) is 0 Å². The Labute approximate surface area is 108 Å². The van der Waals surface area contributed by atoms with Crippen molar-refractivity contribution in [2.45, 2.75) is 31.6 Å². The molecular formula is C13H18O4S. The predicted molar refractivity (Wildman–Crippen MR) is 69.3 cm³/mol. The van der Waals surface area contributed by atoms with Gasteiger partial charge in [0.25, 0.3) is 0 Å². The third-order valence-electron chi connectivity index (χ3n) is 2.79. The smallest absolute Gasteiger partial charge is 0.307 e. The number of carboxylic acids is 1. The lowest BCUT2D eigenvalue weighted by Gasteiger charge is -2.11. The highest BCUT2D eigenvalue weighted by atomic mass is 32.2. The monoisotopic (exact) mass is 270 g/mol. The fourth-order valence-electron chi connectivity index (χ4n) is 1.73. The highest BCUT2D eigenvalue weighted by Crippen LogP contribution is 2.18. The van der Waals surface area contributed by atoms with Crippen LogP contribution in [0.25, 0.3) is 0 Å². The molecule has 0 aliphatic heterocycles. The van der Waals surface area contributed by atoms with Crippen LogP contribution >= 0.6 is 0 Å². The number of carboxylic acid groups (broad SMARTS) is 1. The van der Waals surface area contributed by atoms with E-state index in [1.54, 1.807) is 12.1 Å². The van der Waals surface area contributed by atoms with Crippen LogP contribution in [0.1, 0.15) is 25.3 Å². The molecule has 0 aromatic heterocycles. The van der Waals surface area contributed by atoms with E-state index in [-0.39, 0.29) is 10.6 Å². The van der Waals surface area contributed by atoms with Crippen LogP contribution in [0.2, 0.25) is 0 Å². The van der Waals surface area contributed by atoms with E-state index in [0.29, 0.717) is 12.8 Å². The minimum atomic E-state index is -3.52. The average Bonchev–Trinajstić information content (AvgIpc) is 2.28. The quantitative estimate of drug-likeness (QED) is 0.860. The van der Waals surface area contributed by atoms with Gasteiger partial charge in [-0.05, 0) is 25.5 Å². The van der Waals surface area contributed by atoms with Gasteiger partial charge in [-0.25, -0.2) is 8.42 Å². The molecule has 0 fully saturated rings. The van der Waals surface area contributed by atoms with Crippen molar-refractivity contribution in [3.05, 3.63) is 29.8 Å². The molecular weight excluding hydrogens is 252 g/mol. The number of rotatable bonds is 6. The van der Waals surface area contributed by atoms with E-state index in [0.717, 1.165) is 5.56 Å². The van der Waals surface area contributed by atoms with Crippen LogP contribution in [-0.4, -0.2) is 25.2 Å². The molecule has 18 heavy (non-hydrogen) atoms. The van der Waals surface area contributed by atoms with Crippen molar-refractivity contribution < 1.29 is 18.3 Å². The molecule has 1 rings (SSSR count). The van der Waals surface area contributed by atoms with Crippen LogP contribution < -0.4 is 0 Å². The zero-order chi connectivity index (χ0) is 13.8. The Balaban J connectivity index is 2.93. The number of aliphatic carboxylic acids is 1. The van der Waals surface area contributed by atoms with E-state index in [9.17, 15) is 13.2 Å². The molecule has 0 aliphatic carbocycles. The van der Waals surface area contributed by atoms with Crippen molar-refractivity contribution in [1.82, 2.24) is 0 Å². The molecule has 0 saturated carbocycles. The van der Waals surface area contributed by atoms with Crippen molar-refractivity contribution in [1.29, 1.82) is 0 Å². The van der Waals surface area contributed by atoms with E-state index in [1.807, 2.05) is 13.8 Å². The Bertz CT molecular complexity index is 502. The van der Waals surface area contributed by atoms with E-state index in [1.165, 1.54) is 12.1 Å². The Hall–Kier alpha value is -1.36. The largest absolute Gasteiger partial charge is 0.481 e. The summed E-state index contributed by atoms with van der Waals surface area (Å²) in [5.74, 6) is -2.21. The van der Waals surface area contributed by atoms with Crippen LogP contribution in [0.5, 0.6) is 0 Å². The molecule has 0 aliphatic rings. The lowest BCUT2D eigenvalue weighted by atomic mass is 10.1. The highest BCUT2D eigenvalue weighted by Gasteiger charge is 2.25. The SMILES string of the molecule is CCCC(CS(=O)(=O)c1ccc(C)cc1)C(=O)O. The molecule has 0 heterocycles. The third-order valence-corrected chi connectivity index (χ3v) is 4.62. The maximum Gasteiger partial charge on any atom is 0.307 e. The van der Waals surface area contributed by atoms with Crippen molar-refractivity contribution in [3.63, 3.8) is 0 Å². The minimum Gasteiger partial charge on any atom is -0.481 e. The predicted octanol–water partition coefficient (Wildman–Crippen LogP) is 2.27. The maximum absolute atomic E-state index is 12.1. The minimum absolute atomic E-state index is 0.190. The summed E-state index contributed by atoms with van der Waals surface area (Å²) in [5.41, 5.74) is 0.970. The van der Waals surface area contributed by atoms with Crippen molar-refractivity contribution in [2.24, 2.45) is 5.92 Å². The standard InChI is InChI=1S/C13H18O4S/c1-3-4-11(13(14)15)9-18(16,17)12-7-5-10(2)6-8-12/h5-8,11H,3-4,9H2,1-2H3,(H,14,15). The molecule has 1 aromatic carbocycles. The van der Waals surface area contributed by atoms with Gasteiger partial charge in [0.1, 0.15) is 0 Å². The number of aryl methyl sites for hydroxylation is 1. The molecule has 1 N–H and O–H groups in total. The summed E-state index contributed by atoms with van der Waals surface area (Å²) in [5, 5.41) is 8.99. The van der Waals surface area contributed by atoms with E-state index < -0.39 is 21.7 Å². The van der Waals surface area contributed by atoms with Crippen LogP contribution in [0, 0.1) is 12.8 Å². The molecule has 100 valence electrons. The first-order valence-electron chi connectivity index (χ1n) is 5.89. The van der Waals surface area contributed by atoms with Gasteiger partial charge >= 0.3 is 5.97 Å². The van der Waals surface area contributed by atoms with Gasteiger partial charge in [-0.1, -0.05) is 31.0 Å². The van der Waals surface area contributed by atoms with Gasteiger partial charge < -0.3 is 5.11 Å². The van der Waals surface area contributed by atoms with Crippen LogP contribution in [-0.2, 0) is 14.6 Å². The summed E-state index contributed by atoms with van der Waals surface area (Å²) in [6.07, 6.45) is 1.03. The first-order chi connectivity index (χ1) is 8.36. The van der Waals surface area contributed by atoms with Crippen LogP contribution in [0.15, 0.2) is 29.2 Å². The number of sulfone groups is 1.